The van der Waals surface area contributed by atoms with Gasteiger partial charge in [-0.25, -0.2) is 4.98 Å². The van der Waals surface area contributed by atoms with E-state index in [1.165, 1.54) is 11.3 Å². The van der Waals surface area contributed by atoms with Gasteiger partial charge in [-0.1, -0.05) is 11.6 Å². The number of halogens is 1. The Balaban J connectivity index is 1.70. The predicted molar refractivity (Wildman–Crippen MR) is 119 cm³/mol. The molecule has 8 heteroatoms. The molecule has 3 rings (SSSR count). The predicted octanol–water partition coefficient (Wildman–Crippen LogP) is 4.69. The Morgan fingerprint density at radius 2 is 1.73 bits per heavy atom. The fourth-order valence-electron chi connectivity index (χ4n) is 2.99. The van der Waals surface area contributed by atoms with Gasteiger partial charge in [0, 0.05) is 35.1 Å². The van der Waals surface area contributed by atoms with Crippen molar-refractivity contribution in [1.29, 1.82) is 0 Å². The van der Waals surface area contributed by atoms with Gasteiger partial charge in [-0.3, -0.25) is 4.79 Å². The summed E-state index contributed by atoms with van der Waals surface area (Å²) in [5.41, 5.74) is 2.48. The van der Waals surface area contributed by atoms with E-state index in [0.717, 1.165) is 21.8 Å². The molecule has 0 saturated carbocycles. The zero-order valence-electron chi connectivity index (χ0n) is 17.3. The highest BCUT2D eigenvalue weighted by molar-refractivity contribution is 7.13. The zero-order chi connectivity index (χ0) is 21.7. The van der Waals surface area contributed by atoms with Crippen LogP contribution in [0.25, 0.3) is 10.6 Å². The van der Waals surface area contributed by atoms with Crippen molar-refractivity contribution in [3.8, 4) is 27.8 Å². The summed E-state index contributed by atoms with van der Waals surface area (Å²) in [6.45, 7) is 0.398. The summed E-state index contributed by atoms with van der Waals surface area (Å²) >= 11 is 7.57. The van der Waals surface area contributed by atoms with E-state index in [-0.39, 0.29) is 12.3 Å². The number of hydrogen-bond acceptors (Lipinski definition) is 6. The van der Waals surface area contributed by atoms with Gasteiger partial charge in [0.25, 0.3) is 0 Å². The van der Waals surface area contributed by atoms with E-state index in [1.807, 2.05) is 29.6 Å². The molecule has 0 aliphatic rings. The first-order chi connectivity index (χ1) is 14.4. The van der Waals surface area contributed by atoms with Crippen LogP contribution in [0.15, 0.2) is 41.8 Å². The maximum atomic E-state index is 12.7. The molecule has 6 nitrogen and oxygen atoms in total. The minimum atomic E-state index is -0.0406. The van der Waals surface area contributed by atoms with Gasteiger partial charge in [0.1, 0.15) is 10.8 Å². The SMILES string of the molecule is COc1ccc(Cl)cc1CN(C)C(=O)Cc1csc(-c2ccc(OC)c(OC)c2)n1. The first-order valence-corrected chi connectivity index (χ1v) is 10.4. The molecule has 30 heavy (non-hydrogen) atoms. The fourth-order valence-corrected chi connectivity index (χ4v) is 4.01. The van der Waals surface area contributed by atoms with Crippen molar-refractivity contribution in [3.05, 3.63) is 58.1 Å². The first-order valence-electron chi connectivity index (χ1n) is 9.18. The summed E-state index contributed by atoms with van der Waals surface area (Å²) in [7, 11) is 6.54. The lowest BCUT2D eigenvalue weighted by atomic mass is 10.2. The van der Waals surface area contributed by atoms with Crippen LogP contribution in [-0.4, -0.2) is 44.2 Å². The van der Waals surface area contributed by atoms with Crippen molar-refractivity contribution in [2.45, 2.75) is 13.0 Å². The molecule has 0 bridgehead atoms. The Morgan fingerprint density at radius 1 is 1.03 bits per heavy atom. The fraction of sp³-hybridized carbons (Fsp3) is 0.273. The highest BCUT2D eigenvalue weighted by Gasteiger charge is 2.16. The second kappa shape index (κ2) is 9.82. The van der Waals surface area contributed by atoms with E-state index in [1.54, 1.807) is 45.4 Å². The largest absolute Gasteiger partial charge is 0.496 e. The van der Waals surface area contributed by atoms with E-state index in [4.69, 9.17) is 25.8 Å². The Hall–Kier alpha value is -2.77. The van der Waals surface area contributed by atoms with E-state index in [9.17, 15) is 4.79 Å². The van der Waals surface area contributed by atoms with Crippen LogP contribution in [0, 0.1) is 0 Å². The van der Waals surface area contributed by atoms with Gasteiger partial charge in [0.2, 0.25) is 5.91 Å². The summed E-state index contributed by atoms with van der Waals surface area (Å²) in [6, 6.07) is 11.0. The van der Waals surface area contributed by atoms with Crippen LogP contribution in [0.3, 0.4) is 0 Å². The van der Waals surface area contributed by atoms with Gasteiger partial charge in [0.15, 0.2) is 11.5 Å². The van der Waals surface area contributed by atoms with Gasteiger partial charge >= 0.3 is 0 Å². The number of ether oxygens (including phenoxy) is 3. The molecule has 0 fully saturated rings. The van der Waals surface area contributed by atoms with Crippen LogP contribution >= 0.6 is 22.9 Å². The lowest BCUT2D eigenvalue weighted by Crippen LogP contribution is -2.28. The smallest absolute Gasteiger partial charge is 0.228 e. The second-order valence-electron chi connectivity index (χ2n) is 6.60. The van der Waals surface area contributed by atoms with E-state index in [0.29, 0.717) is 28.8 Å². The van der Waals surface area contributed by atoms with Crippen molar-refractivity contribution in [2.75, 3.05) is 28.4 Å². The minimum absolute atomic E-state index is 0.0406. The molecular formula is C22H23ClN2O4S. The summed E-state index contributed by atoms with van der Waals surface area (Å²) in [4.78, 5) is 19.0. The molecule has 1 amide bonds. The van der Waals surface area contributed by atoms with Gasteiger partial charge < -0.3 is 19.1 Å². The molecule has 1 aromatic heterocycles. The maximum absolute atomic E-state index is 12.7. The lowest BCUT2D eigenvalue weighted by molar-refractivity contribution is -0.129. The molecule has 0 unspecified atom stereocenters. The van der Waals surface area contributed by atoms with Crippen molar-refractivity contribution >= 4 is 28.8 Å². The maximum Gasteiger partial charge on any atom is 0.228 e. The molecule has 1 heterocycles. The lowest BCUT2D eigenvalue weighted by Gasteiger charge is -2.18. The van der Waals surface area contributed by atoms with Crippen LogP contribution in [0.1, 0.15) is 11.3 Å². The summed E-state index contributed by atoms with van der Waals surface area (Å²) in [5.74, 6) is 1.95. The Bertz CT molecular complexity index is 1040. The number of hydrogen-bond donors (Lipinski definition) is 0. The number of aromatic nitrogens is 1. The van der Waals surface area contributed by atoms with E-state index >= 15 is 0 Å². The number of thiazole rings is 1. The number of carbonyl (C=O) groups excluding carboxylic acids is 1. The highest BCUT2D eigenvalue weighted by Crippen LogP contribution is 2.33. The van der Waals surface area contributed by atoms with Crippen molar-refractivity contribution in [2.24, 2.45) is 0 Å². The third-order valence-electron chi connectivity index (χ3n) is 4.59. The summed E-state index contributed by atoms with van der Waals surface area (Å²) in [6.07, 6.45) is 0.211. The number of amides is 1. The number of rotatable bonds is 8. The third-order valence-corrected chi connectivity index (χ3v) is 5.77. The average Bonchev–Trinajstić information content (AvgIpc) is 3.21. The summed E-state index contributed by atoms with van der Waals surface area (Å²) < 4.78 is 16.0. The quantitative estimate of drug-likeness (QED) is 0.502. The number of carbonyl (C=O) groups is 1. The Kier molecular flexibility index (Phi) is 7.18. The molecular weight excluding hydrogens is 424 g/mol. The molecule has 158 valence electrons. The van der Waals surface area contributed by atoms with Crippen molar-refractivity contribution in [3.63, 3.8) is 0 Å². The molecule has 0 radical (unpaired) electrons. The topological polar surface area (TPSA) is 60.9 Å². The Labute approximate surface area is 185 Å². The normalized spacial score (nSPS) is 10.6. The van der Waals surface area contributed by atoms with Gasteiger partial charge in [0.05, 0.1) is 33.4 Å². The van der Waals surface area contributed by atoms with Gasteiger partial charge in [-0.2, -0.15) is 0 Å². The number of nitrogens with zero attached hydrogens (tertiary/aromatic N) is 2. The molecule has 2 aromatic carbocycles. The molecule has 0 atom stereocenters. The first kappa shape index (κ1) is 21.9. The number of benzene rings is 2. The third kappa shape index (κ3) is 5.04. The molecule has 3 aromatic rings. The number of methoxy groups -OCH3 is 3. The Morgan fingerprint density at radius 3 is 2.43 bits per heavy atom. The number of likely N-dealkylation sites (N-methyl/N-ethyl adjacent to an activating group) is 1. The molecule has 0 N–H and O–H groups in total. The van der Waals surface area contributed by atoms with Crippen molar-refractivity contribution in [1.82, 2.24) is 9.88 Å². The summed E-state index contributed by atoms with van der Waals surface area (Å²) in [5, 5.41) is 3.32. The zero-order valence-corrected chi connectivity index (χ0v) is 18.8. The minimum Gasteiger partial charge on any atom is -0.496 e. The standard InChI is InChI=1S/C22H23ClN2O4S/c1-25(12-15-9-16(23)6-8-18(15)27-2)21(26)11-17-13-30-22(24-17)14-5-7-19(28-3)20(10-14)29-4/h5-10,13H,11-12H2,1-4H3. The second-order valence-corrected chi connectivity index (χ2v) is 7.89. The van der Waals surface area contributed by atoms with E-state index in [2.05, 4.69) is 4.98 Å². The molecule has 0 aliphatic heterocycles. The van der Waals surface area contributed by atoms with Gasteiger partial charge in [-0.05, 0) is 36.4 Å². The van der Waals surface area contributed by atoms with Gasteiger partial charge in [-0.15, -0.1) is 11.3 Å². The van der Waals surface area contributed by atoms with Crippen LogP contribution in [-0.2, 0) is 17.8 Å². The monoisotopic (exact) mass is 446 g/mol. The van der Waals surface area contributed by atoms with Crippen LogP contribution in [0.4, 0.5) is 0 Å². The van der Waals surface area contributed by atoms with Crippen LogP contribution in [0.5, 0.6) is 17.2 Å². The molecule has 0 saturated heterocycles. The highest BCUT2D eigenvalue weighted by atomic mass is 35.5. The average molecular weight is 447 g/mol. The van der Waals surface area contributed by atoms with Crippen LogP contribution < -0.4 is 14.2 Å². The molecule has 0 aliphatic carbocycles. The van der Waals surface area contributed by atoms with Crippen molar-refractivity contribution < 1.29 is 19.0 Å². The van der Waals surface area contributed by atoms with E-state index < -0.39 is 0 Å². The van der Waals surface area contributed by atoms with Crippen LogP contribution in [0.2, 0.25) is 5.02 Å². The molecule has 0 spiro atoms.